The molecule has 1 saturated heterocycles. The van der Waals surface area contributed by atoms with Crippen LogP contribution in [0.15, 0.2) is 54.6 Å². The average Bonchev–Trinajstić information content (AvgIpc) is 3.17. The molecule has 0 spiro atoms. The van der Waals surface area contributed by atoms with Gasteiger partial charge in [0, 0.05) is 24.7 Å². The number of likely N-dealkylation sites (tertiary alicyclic amines) is 1. The van der Waals surface area contributed by atoms with E-state index in [1.807, 2.05) is 30.3 Å². The highest BCUT2D eigenvalue weighted by Crippen LogP contribution is 2.24. The Kier molecular flexibility index (Phi) is 6.20. The van der Waals surface area contributed by atoms with E-state index < -0.39 is 14.9 Å². The molecule has 1 aliphatic heterocycles. The number of nitrogens with zero attached hydrogens (tertiary/aromatic N) is 2. The number of rotatable bonds is 8. The highest BCUT2D eigenvalue weighted by molar-refractivity contribution is 7.88. The number of benzene rings is 2. The van der Waals surface area contributed by atoms with Crippen molar-refractivity contribution >= 4 is 15.7 Å². The Balaban J connectivity index is 1.67. The zero-order valence-corrected chi connectivity index (χ0v) is 15.8. The van der Waals surface area contributed by atoms with Crippen molar-refractivity contribution in [2.75, 3.05) is 19.6 Å². The van der Waals surface area contributed by atoms with Crippen molar-refractivity contribution < 1.29 is 13.3 Å². The van der Waals surface area contributed by atoms with Gasteiger partial charge in [-0.2, -0.15) is 0 Å². The lowest BCUT2D eigenvalue weighted by atomic mass is 10.1. The van der Waals surface area contributed by atoms with Gasteiger partial charge < -0.3 is 0 Å². The number of nitro groups is 1. The van der Waals surface area contributed by atoms with Gasteiger partial charge in [-0.1, -0.05) is 42.5 Å². The van der Waals surface area contributed by atoms with E-state index in [4.69, 9.17) is 0 Å². The third-order valence-electron chi connectivity index (χ3n) is 4.77. The summed E-state index contributed by atoms with van der Waals surface area (Å²) in [5, 5.41) is 10.7. The molecule has 1 N–H and O–H groups in total. The van der Waals surface area contributed by atoms with Crippen LogP contribution >= 0.6 is 0 Å². The zero-order valence-electron chi connectivity index (χ0n) is 15.0. The first-order chi connectivity index (χ1) is 12.9. The predicted octanol–water partition coefficient (Wildman–Crippen LogP) is 2.85. The van der Waals surface area contributed by atoms with Crippen LogP contribution in [-0.2, 0) is 15.8 Å². The molecule has 1 atom stereocenters. The Labute approximate surface area is 159 Å². The molecule has 1 fully saturated rings. The molecule has 144 valence electrons. The van der Waals surface area contributed by atoms with Crippen molar-refractivity contribution in [3.63, 3.8) is 0 Å². The van der Waals surface area contributed by atoms with Crippen LogP contribution in [0.5, 0.6) is 0 Å². The smallest absolute Gasteiger partial charge is 0.269 e. The highest BCUT2D eigenvalue weighted by atomic mass is 32.2. The van der Waals surface area contributed by atoms with Crippen LogP contribution in [0.3, 0.4) is 0 Å². The van der Waals surface area contributed by atoms with Gasteiger partial charge in [0.2, 0.25) is 10.0 Å². The van der Waals surface area contributed by atoms with Crippen molar-refractivity contribution in [3.8, 4) is 0 Å². The molecule has 0 saturated carbocycles. The van der Waals surface area contributed by atoms with Crippen LogP contribution in [0.1, 0.15) is 30.0 Å². The zero-order chi connectivity index (χ0) is 19.3. The molecular weight excluding hydrogens is 366 g/mol. The van der Waals surface area contributed by atoms with Crippen molar-refractivity contribution in [1.82, 2.24) is 9.62 Å². The first-order valence-corrected chi connectivity index (χ1v) is 10.6. The van der Waals surface area contributed by atoms with E-state index in [1.165, 1.54) is 24.3 Å². The SMILES string of the molecule is O=[N+]([O-])c1ccc(CS(=O)(=O)NCC(c2ccccc2)N2CCCC2)cc1. The second-order valence-corrected chi connectivity index (χ2v) is 8.51. The summed E-state index contributed by atoms with van der Waals surface area (Å²) < 4.78 is 27.7. The van der Waals surface area contributed by atoms with Gasteiger partial charge in [0.1, 0.15) is 0 Å². The molecule has 0 bridgehead atoms. The Morgan fingerprint density at radius 1 is 1.04 bits per heavy atom. The molecule has 2 aromatic carbocycles. The van der Waals surface area contributed by atoms with Gasteiger partial charge in [0.25, 0.3) is 5.69 Å². The molecule has 27 heavy (non-hydrogen) atoms. The molecule has 3 rings (SSSR count). The molecule has 0 aliphatic carbocycles. The lowest BCUT2D eigenvalue weighted by Gasteiger charge is -2.28. The summed E-state index contributed by atoms with van der Waals surface area (Å²) in [5.74, 6) is -0.202. The Morgan fingerprint density at radius 2 is 1.67 bits per heavy atom. The summed E-state index contributed by atoms with van der Waals surface area (Å²) >= 11 is 0. The Hall–Kier alpha value is -2.29. The van der Waals surface area contributed by atoms with Crippen molar-refractivity contribution in [2.45, 2.75) is 24.6 Å². The molecule has 8 heteroatoms. The number of nitrogens with one attached hydrogen (secondary N) is 1. The molecule has 0 aromatic heterocycles. The topological polar surface area (TPSA) is 92.5 Å². The first kappa shape index (κ1) is 19.5. The third kappa shape index (κ3) is 5.35. The van der Waals surface area contributed by atoms with Gasteiger partial charge >= 0.3 is 0 Å². The highest BCUT2D eigenvalue weighted by Gasteiger charge is 2.25. The van der Waals surface area contributed by atoms with Crippen molar-refractivity contribution in [3.05, 3.63) is 75.8 Å². The molecule has 1 aliphatic rings. The van der Waals surface area contributed by atoms with Crippen LogP contribution < -0.4 is 4.72 Å². The second-order valence-electron chi connectivity index (χ2n) is 6.70. The van der Waals surface area contributed by atoms with Gasteiger partial charge in [-0.3, -0.25) is 15.0 Å². The number of sulfonamides is 1. The van der Waals surface area contributed by atoms with Gasteiger partial charge in [0.15, 0.2) is 0 Å². The normalized spacial score (nSPS) is 16.3. The van der Waals surface area contributed by atoms with Gasteiger partial charge in [-0.25, -0.2) is 13.1 Å². The van der Waals surface area contributed by atoms with Gasteiger partial charge in [0.05, 0.1) is 10.7 Å². The summed E-state index contributed by atoms with van der Waals surface area (Å²) in [6, 6.07) is 15.5. The summed E-state index contributed by atoms with van der Waals surface area (Å²) in [5.41, 5.74) is 1.56. The van der Waals surface area contributed by atoms with Crippen molar-refractivity contribution in [1.29, 1.82) is 0 Å². The molecule has 7 nitrogen and oxygen atoms in total. The first-order valence-electron chi connectivity index (χ1n) is 8.94. The largest absolute Gasteiger partial charge is 0.295 e. The summed E-state index contributed by atoms with van der Waals surface area (Å²) in [6.45, 7) is 2.23. The average molecular weight is 389 g/mol. The Bertz CT molecular complexity index is 864. The maximum atomic E-state index is 12.5. The fourth-order valence-corrected chi connectivity index (χ4v) is 4.52. The number of hydrogen-bond acceptors (Lipinski definition) is 5. The van der Waals surface area contributed by atoms with E-state index in [0.29, 0.717) is 12.1 Å². The summed E-state index contributed by atoms with van der Waals surface area (Å²) in [4.78, 5) is 12.5. The molecule has 2 aromatic rings. The van der Waals surface area contributed by atoms with Crippen LogP contribution in [0.2, 0.25) is 0 Å². The summed E-state index contributed by atoms with van der Waals surface area (Å²) in [7, 11) is -3.55. The van der Waals surface area contributed by atoms with Crippen LogP contribution in [-0.4, -0.2) is 37.9 Å². The molecule has 1 unspecified atom stereocenters. The minimum absolute atomic E-state index is 0.000311. The quantitative estimate of drug-likeness (QED) is 0.554. The maximum absolute atomic E-state index is 12.5. The second kappa shape index (κ2) is 8.60. The third-order valence-corrected chi connectivity index (χ3v) is 6.09. The molecule has 0 radical (unpaired) electrons. The number of hydrogen-bond donors (Lipinski definition) is 1. The maximum Gasteiger partial charge on any atom is 0.269 e. The van der Waals surface area contributed by atoms with E-state index in [2.05, 4.69) is 9.62 Å². The summed E-state index contributed by atoms with van der Waals surface area (Å²) in [6.07, 6.45) is 2.25. The fraction of sp³-hybridized carbons (Fsp3) is 0.368. The van der Waals surface area contributed by atoms with E-state index in [1.54, 1.807) is 0 Å². The molecular formula is C19H23N3O4S. The lowest BCUT2D eigenvalue weighted by Crippen LogP contribution is -2.37. The van der Waals surface area contributed by atoms with E-state index in [-0.39, 0.29) is 17.5 Å². The predicted molar refractivity (Wildman–Crippen MR) is 104 cm³/mol. The Morgan fingerprint density at radius 3 is 2.26 bits per heavy atom. The van der Waals surface area contributed by atoms with Crippen LogP contribution in [0, 0.1) is 10.1 Å². The van der Waals surface area contributed by atoms with Gasteiger partial charge in [-0.15, -0.1) is 0 Å². The monoisotopic (exact) mass is 389 g/mol. The molecule has 1 heterocycles. The van der Waals surface area contributed by atoms with Gasteiger partial charge in [-0.05, 0) is 37.1 Å². The van der Waals surface area contributed by atoms with Crippen LogP contribution in [0.25, 0.3) is 0 Å². The fourth-order valence-electron chi connectivity index (χ4n) is 3.38. The van der Waals surface area contributed by atoms with Crippen LogP contribution in [0.4, 0.5) is 5.69 Å². The number of non-ortho nitro benzene ring substituents is 1. The molecule has 0 amide bonds. The van der Waals surface area contributed by atoms with Crippen molar-refractivity contribution in [2.24, 2.45) is 0 Å². The van der Waals surface area contributed by atoms with E-state index in [0.717, 1.165) is 31.5 Å². The van der Waals surface area contributed by atoms with E-state index >= 15 is 0 Å². The minimum atomic E-state index is -3.55. The standard InChI is InChI=1S/C19H23N3O4S/c23-22(24)18-10-8-16(9-11-18)15-27(25,26)20-14-19(21-12-4-5-13-21)17-6-2-1-3-7-17/h1-3,6-11,19-20H,4-5,12-15H2. The minimum Gasteiger partial charge on any atom is -0.295 e. The number of nitro benzene ring substituents is 1. The van der Waals surface area contributed by atoms with E-state index in [9.17, 15) is 18.5 Å². The lowest BCUT2D eigenvalue weighted by molar-refractivity contribution is -0.384.